The first kappa shape index (κ1) is 12.1. The first-order valence-corrected chi connectivity index (χ1v) is 6.23. The van der Waals surface area contributed by atoms with Gasteiger partial charge in [0.25, 0.3) is 0 Å². The number of nitrogens with one attached hydrogen (secondary N) is 3. The number of hydrogen-bond donors (Lipinski definition) is 4. The normalized spacial score (nSPS) is 29.1. The SMILES string of the molecule is CC1NNC(C(=O)O)C1c1ccc2c(c1)CC(=O)N2. The molecule has 3 rings (SSSR count). The van der Waals surface area contributed by atoms with Gasteiger partial charge < -0.3 is 10.4 Å². The first-order valence-electron chi connectivity index (χ1n) is 6.23. The molecule has 2 aliphatic rings. The standard InChI is InChI=1S/C13H15N3O3/c1-6-11(12(13(18)19)16-15-6)7-2-3-9-8(4-7)5-10(17)14-9/h2-4,6,11-12,15-16H,5H2,1H3,(H,14,17)(H,18,19). The van der Waals surface area contributed by atoms with Crippen LogP contribution in [0.25, 0.3) is 0 Å². The minimum absolute atomic E-state index is 0.0161. The summed E-state index contributed by atoms with van der Waals surface area (Å²) in [6, 6.07) is 5.02. The Morgan fingerprint density at radius 2 is 2.16 bits per heavy atom. The Morgan fingerprint density at radius 3 is 2.89 bits per heavy atom. The second kappa shape index (κ2) is 4.32. The van der Waals surface area contributed by atoms with E-state index in [0.29, 0.717) is 6.42 Å². The van der Waals surface area contributed by atoms with Gasteiger partial charge in [-0.25, -0.2) is 5.43 Å². The van der Waals surface area contributed by atoms with Gasteiger partial charge in [-0.05, 0) is 24.1 Å². The Morgan fingerprint density at radius 1 is 1.37 bits per heavy atom. The number of benzene rings is 1. The monoisotopic (exact) mass is 261 g/mol. The fourth-order valence-electron chi connectivity index (χ4n) is 2.84. The molecule has 2 heterocycles. The molecule has 4 N–H and O–H groups in total. The van der Waals surface area contributed by atoms with Gasteiger partial charge in [-0.1, -0.05) is 12.1 Å². The number of hydrazine groups is 1. The molecule has 0 spiro atoms. The zero-order valence-corrected chi connectivity index (χ0v) is 10.4. The summed E-state index contributed by atoms with van der Waals surface area (Å²) in [7, 11) is 0. The highest BCUT2D eigenvalue weighted by atomic mass is 16.4. The van der Waals surface area contributed by atoms with Crippen molar-refractivity contribution < 1.29 is 14.7 Å². The smallest absolute Gasteiger partial charge is 0.322 e. The number of hydrogen-bond acceptors (Lipinski definition) is 4. The van der Waals surface area contributed by atoms with Crippen LogP contribution in [0.2, 0.25) is 0 Å². The molecule has 0 bridgehead atoms. The minimum Gasteiger partial charge on any atom is -0.480 e. The highest BCUT2D eigenvalue weighted by molar-refractivity contribution is 5.99. The maximum Gasteiger partial charge on any atom is 0.322 e. The van der Waals surface area contributed by atoms with Crippen molar-refractivity contribution in [2.24, 2.45) is 0 Å². The predicted octanol–water partition coefficient (Wildman–Crippen LogP) is 0.214. The average molecular weight is 261 g/mol. The number of amides is 1. The molecule has 0 aliphatic carbocycles. The molecule has 3 atom stereocenters. The summed E-state index contributed by atoms with van der Waals surface area (Å²) in [6.07, 6.45) is 0.364. The zero-order valence-electron chi connectivity index (χ0n) is 10.4. The number of carboxylic acids is 1. The quantitative estimate of drug-likeness (QED) is 0.611. The van der Waals surface area contributed by atoms with Crippen LogP contribution >= 0.6 is 0 Å². The van der Waals surface area contributed by atoms with E-state index in [1.165, 1.54) is 0 Å². The Hall–Kier alpha value is -1.92. The lowest BCUT2D eigenvalue weighted by Gasteiger charge is -2.19. The summed E-state index contributed by atoms with van der Waals surface area (Å²) in [5, 5.41) is 12.0. The van der Waals surface area contributed by atoms with Crippen molar-refractivity contribution in [1.82, 2.24) is 10.9 Å². The molecule has 3 unspecified atom stereocenters. The molecule has 6 heteroatoms. The summed E-state index contributed by atoms with van der Waals surface area (Å²) >= 11 is 0. The van der Waals surface area contributed by atoms with E-state index in [2.05, 4.69) is 16.2 Å². The number of fused-ring (bicyclic) bond motifs is 1. The number of carboxylic acid groups (broad SMARTS) is 1. The molecule has 0 radical (unpaired) electrons. The van der Waals surface area contributed by atoms with Gasteiger partial charge in [0, 0.05) is 17.6 Å². The largest absolute Gasteiger partial charge is 0.480 e. The van der Waals surface area contributed by atoms with E-state index in [9.17, 15) is 14.7 Å². The third kappa shape index (κ3) is 1.98. The lowest BCUT2D eigenvalue weighted by molar-refractivity contribution is -0.139. The van der Waals surface area contributed by atoms with Gasteiger partial charge in [0.15, 0.2) is 0 Å². The van der Waals surface area contributed by atoms with E-state index in [0.717, 1.165) is 16.8 Å². The van der Waals surface area contributed by atoms with Crippen molar-refractivity contribution in [2.75, 3.05) is 5.32 Å². The molecule has 1 aromatic rings. The number of aliphatic carboxylic acids is 1. The Labute approximate surface area is 110 Å². The van der Waals surface area contributed by atoms with E-state index in [1.807, 2.05) is 25.1 Å². The van der Waals surface area contributed by atoms with Crippen LogP contribution in [0.5, 0.6) is 0 Å². The molecule has 1 fully saturated rings. The maximum atomic E-state index is 11.3. The van der Waals surface area contributed by atoms with E-state index in [1.54, 1.807) is 0 Å². The highest BCUT2D eigenvalue weighted by Gasteiger charge is 2.39. The molecular formula is C13H15N3O3. The summed E-state index contributed by atoms with van der Waals surface area (Å²) in [5.74, 6) is -1.05. The van der Waals surface area contributed by atoms with Gasteiger partial charge in [0.1, 0.15) is 6.04 Å². The molecular weight excluding hydrogens is 246 g/mol. The second-order valence-electron chi connectivity index (χ2n) is 5.06. The van der Waals surface area contributed by atoms with Crippen LogP contribution in [0.1, 0.15) is 24.0 Å². The van der Waals surface area contributed by atoms with Crippen LogP contribution in [0, 0.1) is 0 Å². The molecule has 1 amide bonds. The molecule has 100 valence electrons. The van der Waals surface area contributed by atoms with Crippen molar-refractivity contribution in [3.05, 3.63) is 29.3 Å². The van der Waals surface area contributed by atoms with Crippen molar-refractivity contribution in [3.63, 3.8) is 0 Å². The molecule has 1 saturated heterocycles. The minimum atomic E-state index is -0.878. The molecule has 19 heavy (non-hydrogen) atoms. The van der Waals surface area contributed by atoms with E-state index in [4.69, 9.17) is 0 Å². The van der Waals surface area contributed by atoms with Gasteiger partial charge >= 0.3 is 5.97 Å². The number of anilines is 1. The highest BCUT2D eigenvalue weighted by Crippen LogP contribution is 2.32. The summed E-state index contributed by atoms with van der Waals surface area (Å²) < 4.78 is 0. The summed E-state index contributed by atoms with van der Waals surface area (Å²) in [4.78, 5) is 22.6. The van der Waals surface area contributed by atoms with Crippen molar-refractivity contribution >= 4 is 17.6 Å². The van der Waals surface area contributed by atoms with E-state index < -0.39 is 12.0 Å². The topological polar surface area (TPSA) is 90.5 Å². The third-order valence-electron chi connectivity index (χ3n) is 3.77. The van der Waals surface area contributed by atoms with E-state index in [-0.39, 0.29) is 17.9 Å². The van der Waals surface area contributed by atoms with Crippen molar-refractivity contribution in [3.8, 4) is 0 Å². The number of rotatable bonds is 2. The molecule has 6 nitrogen and oxygen atoms in total. The lowest BCUT2D eigenvalue weighted by Crippen LogP contribution is -2.38. The average Bonchev–Trinajstić information content (AvgIpc) is 2.89. The van der Waals surface area contributed by atoms with Gasteiger partial charge in [0.2, 0.25) is 5.91 Å². The molecule has 2 aliphatic heterocycles. The second-order valence-corrected chi connectivity index (χ2v) is 5.06. The van der Waals surface area contributed by atoms with Gasteiger partial charge in [-0.3, -0.25) is 15.0 Å². The summed E-state index contributed by atoms with van der Waals surface area (Å²) in [5.41, 5.74) is 8.46. The Kier molecular flexibility index (Phi) is 2.76. The molecule has 1 aromatic carbocycles. The molecule has 0 aromatic heterocycles. The first-order chi connectivity index (χ1) is 9.06. The van der Waals surface area contributed by atoms with Crippen LogP contribution in [-0.4, -0.2) is 29.1 Å². The van der Waals surface area contributed by atoms with Gasteiger partial charge in [-0.2, -0.15) is 0 Å². The van der Waals surface area contributed by atoms with Crippen LogP contribution in [0.3, 0.4) is 0 Å². The van der Waals surface area contributed by atoms with Crippen molar-refractivity contribution in [1.29, 1.82) is 0 Å². The third-order valence-corrected chi connectivity index (χ3v) is 3.77. The molecule has 0 saturated carbocycles. The number of carbonyl (C=O) groups is 2. The van der Waals surface area contributed by atoms with Crippen LogP contribution in [0.4, 0.5) is 5.69 Å². The van der Waals surface area contributed by atoms with E-state index >= 15 is 0 Å². The van der Waals surface area contributed by atoms with Gasteiger partial charge in [-0.15, -0.1) is 0 Å². The van der Waals surface area contributed by atoms with Gasteiger partial charge in [0.05, 0.1) is 6.42 Å². The maximum absolute atomic E-state index is 11.3. The fraction of sp³-hybridized carbons (Fsp3) is 0.385. The fourth-order valence-corrected chi connectivity index (χ4v) is 2.84. The summed E-state index contributed by atoms with van der Waals surface area (Å²) in [6.45, 7) is 1.94. The Bertz CT molecular complexity index is 558. The lowest BCUT2D eigenvalue weighted by atomic mass is 9.87. The predicted molar refractivity (Wildman–Crippen MR) is 68.7 cm³/mol. The Balaban J connectivity index is 1.95. The van der Waals surface area contributed by atoms with Crippen molar-refractivity contribution in [2.45, 2.75) is 31.3 Å². The van der Waals surface area contributed by atoms with Crippen LogP contribution in [-0.2, 0) is 16.0 Å². The number of carbonyl (C=O) groups excluding carboxylic acids is 1. The van der Waals surface area contributed by atoms with Crippen LogP contribution in [0.15, 0.2) is 18.2 Å². The zero-order chi connectivity index (χ0) is 13.6. The van der Waals surface area contributed by atoms with Crippen LogP contribution < -0.4 is 16.2 Å².